The van der Waals surface area contributed by atoms with Crippen LogP contribution in [0.2, 0.25) is 0 Å². The Bertz CT molecular complexity index is 1510. The topological polar surface area (TPSA) is 56.1 Å². The highest BCUT2D eigenvalue weighted by Crippen LogP contribution is 2.23. The zero-order chi connectivity index (χ0) is 26.3. The van der Waals surface area contributed by atoms with Crippen molar-refractivity contribution in [2.75, 3.05) is 6.61 Å². The number of amides is 1. The van der Waals surface area contributed by atoms with E-state index in [0.29, 0.717) is 13.0 Å². The molecule has 1 N–H and O–H groups in total. The first-order valence-corrected chi connectivity index (χ1v) is 13.2. The number of imidazole rings is 1. The lowest BCUT2D eigenvalue weighted by atomic mass is 10.0. The fraction of sp³-hybridized carbons (Fsp3) is 0.212. The van der Waals surface area contributed by atoms with E-state index in [1.54, 1.807) is 0 Å². The minimum Gasteiger partial charge on any atom is -0.494 e. The van der Waals surface area contributed by atoms with Gasteiger partial charge in [-0.15, -0.1) is 0 Å². The van der Waals surface area contributed by atoms with Gasteiger partial charge in [-0.1, -0.05) is 78.9 Å². The summed E-state index contributed by atoms with van der Waals surface area (Å²) < 4.78 is 8.16. The number of carbonyl (C=O) groups is 1. The van der Waals surface area contributed by atoms with Crippen LogP contribution in [-0.2, 0) is 17.8 Å². The minimum absolute atomic E-state index is 0.0219. The highest BCUT2D eigenvalue weighted by molar-refractivity contribution is 5.80. The summed E-state index contributed by atoms with van der Waals surface area (Å²) in [6.07, 6.45) is 1.15. The van der Waals surface area contributed by atoms with E-state index in [2.05, 4.69) is 53.2 Å². The van der Waals surface area contributed by atoms with E-state index in [1.807, 2.05) is 73.7 Å². The largest absolute Gasteiger partial charge is 0.494 e. The molecule has 0 fully saturated rings. The molecule has 1 atom stereocenters. The van der Waals surface area contributed by atoms with Gasteiger partial charge in [-0.3, -0.25) is 4.79 Å². The maximum atomic E-state index is 13.0. The predicted octanol–water partition coefficient (Wildman–Crippen LogP) is 6.90. The summed E-state index contributed by atoms with van der Waals surface area (Å²) in [5, 5.41) is 3.16. The Morgan fingerprint density at radius 1 is 0.895 bits per heavy atom. The summed E-state index contributed by atoms with van der Waals surface area (Å²) in [4.78, 5) is 17.8. The molecule has 0 saturated carbocycles. The van der Waals surface area contributed by atoms with Gasteiger partial charge in [-0.2, -0.15) is 0 Å². The van der Waals surface area contributed by atoms with E-state index >= 15 is 0 Å². The quantitative estimate of drug-likeness (QED) is 0.211. The van der Waals surface area contributed by atoms with Crippen LogP contribution in [0, 0.1) is 6.92 Å². The van der Waals surface area contributed by atoms with E-state index in [1.165, 1.54) is 11.1 Å². The van der Waals surface area contributed by atoms with Crippen LogP contribution < -0.4 is 10.1 Å². The molecule has 0 bridgehead atoms. The van der Waals surface area contributed by atoms with Gasteiger partial charge in [-0.25, -0.2) is 4.98 Å². The molecular formula is C33H33N3O2. The second kappa shape index (κ2) is 11.8. The Morgan fingerprint density at radius 2 is 1.63 bits per heavy atom. The molecular weight excluding hydrogens is 470 g/mol. The number of rotatable bonds is 10. The first-order chi connectivity index (χ1) is 18.6. The second-order valence-electron chi connectivity index (χ2n) is 9.66. The van der Waals surface area contributed by atoms with E-state index < -0.39 is 0 Å². The van der Waals surface area contributed by atoms with Crippen molar-refractivity contribution in [3.8, 4) is 16.9 Å². The summed E-state index contributed by atoms with van der Waals surface area (Å²) in [5.41, 5.74) is 6.47. The van der Waals surface area contributed by atoms with E-state index in [9.17, 15) is 4.79 Å². The number of benzene rings is 4. The molecule has 1 aromatic heterocycles. The zero-order valence-corrected chi connectivity index (χ0v) is 21.9. The minimum atomic E-state index is -0.226. The Labute approximate surface area is 224 Å². The van der Waals surface area contributed by atoms with Gasteiger partial charge in [0.2, 0.25) is 5.91 Å². The van der Waals surface area contributed by atoms with Crippen molar-refractivity contribution < 1.29 is 9.53 Å². The van der Waals surface area contributed by atoms with Crippen LogP contribution in [-0.4, -0.2) is 22.1 Å². The molecule has 192 valence electrons. The van der Waals surface area contributed by atoms with Crippen molar-refractivity contribution >= 4 is 16.9 Å². The molecule has 0 spiro atoms. The van der Waals surface area contributed by atoms with Gasteiger partial charge < -0.3 is 14.6 Å². The number of hydrogen-bond donors (Lipinski definition) is 1. The first kappa shape index (κ1) is 25.3. The molecule has 0 aliphatic heterocycles. The smallest absolute Gasteiger partial charge is 0.224 e. The van der Waals surface area contributed by atoms with E-state index in [0.717, 1.165) is 46.7 Å². The molecule has 5 aromatic rings. The third kappa shape index (κ3) is 6.12. The lowest BCUT2D eigenvalue weighted by Crippen LogP contribution is -2.30. The van der Waals surface area contributed by atoms with Gasteiger partial charge in [0.15, 0.2) is 0 Å². The molecule has 1 amide bonds. The first-order valence-electron chi connectivity index (χ1n) is 13.2. The number of nitrogens with zero attached hydrogens (tertiary/aromatic N) is 2. The number of ether oxygens (including phenoxy) is 1. The van der Waals surface area contributed by atoms with E-state index in [4.69, 9.17) is 9.72 Å². The number of aryl methyl sites for hydroxylation is 2. The summed E-state index contributed by atoms with van der Waals surface area (Å²) in [5.74, 6) is 1.72. The van der Waals surface area contributed by atoms with Crippen molar-refractivity contribution in [1.82, 2.24) is 14.9 Å². The Morgan fingerprint density at radius 3 is 2.42 bits per heavy atom. The number of fused-ring (bicyclic) bond motifs is 1. The Kier molecular flexibility index (Phi) is 7.84. The van der Waals surface area contributed by atoms with Gasteiger partial charge in [0, 0.05) is 6.54 Å². The van der Waals surface area contributed by atoms with Crippen molar-refractivity contribution in [2.24, 2.45) is 0 Å². The summed E-state index contributed by atoms with van der Waals surface area (Å²) in [6, 6.07) is 34.4. The molecule has 0 saturated heterocycles. The number of nitrogens with one attached hydrogen (secondary N) is 1. The van der Waals surface area contributed by atoms with Crippen LogP contribution in [0.3, 0.4) is 0 Å². The van der Waals surface area contributed by atoms with Gasteiger partial charge in [0.25, 0.3) is 0 Å². The molecule has 1 unspecified atom stereocenters. The Balaban J connectivity index is 1.23. The van der Waals surface area contributed by atoms with Gasteiger partial charge >= 0.3 is 0 Å². The van der Waals surface area contributed by atoms with Crippen molar-refractivity contribution in [3.63, 3.8) is 0 Å². The molecule has 5 rings (SSSR count). The van der Waals surface area contributed by atoms with Crippen LogP contribution in [0.1, 0.15) is 36.3 Å². The summed E-state index contributed by atoms with van der Waals surface area (Å²) in [7, 11) is 0. The summed E-state index contributed by atoms with van der Waals surface area (Å²) in [6.45, 7) is 5.42. The molecule has 0 aliphatic carbocycles. The number of para-hydroxylation sites is 2. The molecule has 5 heteroatoms. The highest BCUT2D eigenvalue weighted by Gasteiger charge is 2.18. The molecule has 1 heterocycles. The molecule has 5 nitrogen and oxygen atoms in total. The maximum absolute atomic E-state index is 13.0. The van der Waals surface area contributed by atoms with Crippen LogP contribution in [0.5, 0.6) is 5.75 Å². The molecule has 4 aromatic carbocycles. The fourth-order valence-electron chi connectivity index (χ4n) is 4.77. The van der Waals surface area contributed by atoms with E-state index in [-0.39, 0.29) is 11.9 Å². The van der Waals surface area contributed by atoms with Gasteiger partial charge in [0.1, 0.15) is 11.6 Å². The van der Waals surface area contributed by atoms with Crippen molar-refractivity contribution in [2.45, 2.75) is 39.3 Å². The number of aromatic nitrogens is 2. The fourth-order valence-corrected chi connectivity index (χ4v) is 4.77. The zero-order valence-electron chi connectivity index (χ0n) is 21.9. The monoisotopic (exact) mass is 503 g/mol. The van der Waals surface area contributed by atoms with Crippen molar-refractivity contribution in [3.05, 3.63) is 120 Å². The lowest BCUT2D eigenvalue weighted by Gasteiger charge is -2.17. The SMILES string of the molecule is Cc1cccc(OCCCn2c(C(C)NC(=O)Cc3ccc(-c4ccccc4)cc3)nc3ccccc32)c1. The van der Waals surface area contributed by atoms with Crippen LogP contribution in [0.25, 0.3) is 22.2 Å². The van der Waals surface area contributed by atoms with Crippen LogP contribution in [0.4, 0.5) is 0 Å². The maximum Gasteiger partial charge on any atom is 0.224 e. The summed E-state index contributed by atoms with van der Waals surface area (Å²) >= 11 is 0. The number of hydrogen-bond acceptors (Lipinski definition) is 3. The average molecular weight is 504 g/mol. The third-order valence-electron chi connectivity index (χ3n) is 6.66. The highest BCUT2D eigenvalue weighted by atomic mass is 16.5. The van der Waals surface area contributed by atoms with Crippen LogP contribution >= 0.6 is 0 Å². The average Bonchev–Trinajstić information content (AvgIpc) is 3.31. The normalized spacial score (nSPS) is 11.8. The third-order valence-corrected chi connectivity index (χ3v) is 6.66. The van der Waals surface area contributed by atoms with Gasteiger partial charge in [0.05, 0.1) is 30.1 Å². The van der Waals surface area contributed by atoms with Crippen molar-refractivity contribution in [1.29, 1.82) is 0 Å². The number of carbonyl (C=O) groups excluding carboxylic acids is 1. The lowest BCUT2D eigenvalue weighted by molar-refractivity contribution is -0.121. The standard InChI is InChI=1S/C33H33N3O2/c1-24-10-8-13-29(22-24)38-21-9-20-36-31-15-7-6-14-30(31)35-33(36)25(2)34-32(37)23-26-16-18-28(19-17-26)27-11-4-3-5-12-27/h3-8,10-19,22,25H,9,20-21,23H2,1-2H3,(H,34,37). The Hall–Kier alpha value is -4.38. The molecule has 0 aliphatic rings. The molecule has 0 radical (unpaired) electrons. The van der Waals surface area contributed by atoms with Crippen LogP contribution in [0.15, 0.2) is 103 Å². The molecule has 38 heavy (non-hydrogen) atoms. The predicted molar refractivity (Wildman–Crippen MR) is 153 cm³/mol. The van der Waals surface area contributed by atoms with Gasteiger partial charge in [-0.05, 0) is 66.8 Å². The second-order valence-corrected chi connectivity index (χ2v) is 9.66.